The predicted octanol–water partition coefficient (Wildman–Crippen LogP) is 5.13. The molecule has 0 atom stereocenters. The van der Waals surface area contributed by atoms with Gasteiger partial charge in [0.05, 0.1) is 24.9 Å². The average Bonchev–Trinajstić information content (AvgIpc) is 2.50. The maximum absolute atomic E-state index is 6.14. The van der Waals surface area contributed by atoms with Gasteiger partial charge in [-0.25, -0.2) is 0 Å². The van der Waals surface area contributed by atoms with E-state index >= 15 is 0 Å². The number of hydrogen-bond acceptors (Lipinski definition) is 3. The molecule has 1 aliphatic rings. The van der Waals surface area contributed by atoms with E-state index in [0.717, 1.165) is 17.4 Å². The van der Waals surface area contributed by atoms with E-state index in [2.05, 4.69) is 12.2 Å². The van der Waals surface area contributed by atoms with Crippen LogP contribution >= 0.6 is 11.6 Å². The van der Waals surface area contributed by atoms with E-state index in [9.17, 15) is 0 Å². The van der Waals surface area contributed by atoms with Gasteiger partial charge in [-0.05, 0) is 31.6 Å². The van der Waals surface area contributed by atoms with Crippen LogP contribution in [0, 0.1) is 5.92 Å². The number of hydrogen-bond donors (Lipinski definition) is 1. The van der Waals surface area contributed by atoms with Crippen molar-refractivity contribution >= 4 is 17.3 Å². The zero-order chi connectivity index (χ0) is 15.2. The molecule has 1 saturated carbocycles. The second kappa shape index (κ2) is 7.79. The van der Waals surface area contributed by atoms with Gasteiger partial charge in [0.25, 0.3) is 0 Å². The largest absolute Gasteiger partial charge is 0.495 e. The first-order valence-corrected chi connectivity index (χ1v) is 8.23. The van der Waals surface area contributed by atoms with Gasteiger partial charge in [-0.2, -0.15) is 0 Å². The van der Waals surface area contributed by atoms with E-state index in [0.29, 0.717) is 16.8 Å². The molecule has 0 spiro atoms. The number of nitrogens with one attached hydrogen (secondary N) is 1. The first kappa shape index (κ1) is 16.3. The normalized spacial score (nSPS) is 21.9. The number of methoxy groups -OCH3 is 2. The first-order valence-electron chi connectivity index (χ1n) is 7.86. The molecule has 1 fully saturated rings. The number of ether oxygens (including phenoxy) is 2. The molecular weight excluding hydrogens is 286 g/mol. The van der Waals surface area contributed by atoms with Gasteiger partial charge < -0.3 is 14.8 Å². The quantitative estimate of drug-likeness (QED) is 0.790. The highest BCUT2D eigenvalue weighted by molar-refractivity contribution is 6.32. The Balaban J connectivity index is 2.02. The molecular formula is C17H26ClNO2. The van der Waals surface area contributed by atoms with E-state index in [4.69, 9.17) is 21.1 Å². The predicted molar refractivity (Wildman–Crippen MR) is 88.8 cm³/mol. The third-order valence-corrected chi connectivity index (χ3v) is 4.67. The van der Waals surface area contributed by atoms with Gasteiger partial charge in [0.2, 0.25) is 0 Å². The van der Waals surface area contributed by atoms with Crippen molar-refractivity contribution in [2.45, 2.75) is 51.5 Å². The summed E-state index contributed by atoms with van der Waals surface area (Å²) in [6.07, 6.45) is 7.74. The molecule has 0 bridgehead atoms. The van der Waals surface area contributed by atoms with Crippen molar-refractivity contribution in [3.63, 3.8) is 0 Å². The molecule has 0 heterocycles. The average molecular weight is 312 g/mol. The molecule has 1 aromatic rings. The molecule has 0 unspecified atom stereocenters. The van der Waals surface area contributed by atoms with Crippen molar-refractivity contribution in [2.75, 3.05) is 19.5 Å². The summed E-state index contributed by atoms with van der Waals surface area (Å²) in [4.78, 5) is 0. The summed E-state index contributed by atoms with van der Waals surface area (Å²) in [5, 5.41) is 4.18. The van der Waals surface area contributed by atoms with Crippen LogP contribution in [0.5, 0.6) is 11.5 Å². The lowest BCUT2D eigenvalue weighted by atomic mass is 9.83. The Bertz CT molecular complexity index is 456. The van der Waals surface area contributed by atoms with Crippen LogP contribution in [0.4, 0.5) is 5.69 Å². The van der Waals surface area contributed by atoms with Crippen LogP contribution in [0.3, 0.4) is 0 Å². The minimum atomic E-state index is 0.512. The molecule has 1 aromatic carbocycles. The van der Waals surface area contributed by atoms with Gasteiger partial charge in [0, 0.05) is 18.2 Å². The molecule has 2 rings (SSSR count). The zero-order valence-electron chi connectivity index (χ0n) is 13.2. The molecule has 0 aromatic heterocycles. The van der Waals surface area contributed by atoms with E-state index in [1.807, 2.05) is 12.1 Å². The van der Waals surface area contributed by atoms with E-state index in [1.165, 1.54) is 38.5 Å². The summed E-state index contributed by atoms with van der Waals surface area (Å²) in [6.45, 7) is 2.27. The standard InChI is InChI=1S/C17H26ClNO2/c1-4-5-12-6-8-13(9-7-12)19-15-11-16(20-2)14(18)10-17(15)21-3/h10-13,19H,4-9H2,1-3H3. The maximum Gasteiger partial charge on any atom is 0.143 e. The number of halogens is 1. The third-order valence-electron chi connectivity index (χ3n) is 4.38. The summed E-state index contributed by atoms with van der Waals surface area (Å²) in [7, 11) is 3.30. The van der Waals surface area contributed by atoms with Crippen LogP contribution in [0.2, 0.25) is 5.02 Å². The Hall–Kier alpha value is -1.09. The van der Waals surface area contributed by atoms with Gasteiger partial charge in [0.1, 0.15) is 11.5 Å². The molecule has 21 heavy (non-hydrogen) atoms. The second-order valence-electron chi connectivity index (χ2n) is 5.84. The van der Waals surface area contributed by atoms with E-state index < -0.39 is 0 Å². The van der Waals surface area contributed by atoms with Crippen molar-refractivity contribution < 1.29 is 9.47 Å². The van der Waals surface area contributed by atoms with Gasteiger partial charge in [-0.1, -0.05) is 31.4 Å². The SMILES string of the molecule is CCCC1CCC(Nc2cc(OC)c(Cl)cc2OC)CC1. The molecule has 4 heteroatoms. The highest BCUT2D eigenvalue weighted by Gasteiger charge is 2.21. The summed E-state index contributed by atoms with van der Waals surface area (Å²) in [5.74, 6) is 2.37. The molecule has 3 nitrogen and oxygen atoms in total. The highest BCUT2D eigenvalue weighted by Crippen LogP contribution is 2.38. The fourth-order valence-corrected chi connectivity index (χ4v) is 3.43. The lowest BCUT2D eigenvalue weighted by Gasteiger charge is -2.30. The summed E-state index contributed by atoms with van der Waals surface area (Å²) < 4.78 is 10.7. The van der Waals surface area contributed by atoms with Crippen LogP contribution in [-0.2, 0) is 0 Å². The Kier molecular flexibility index (Phi) is 6.04. The molecule has 0 saturated heterocycles. The van der Waals surface area contributed by atoms with Crippen molar-refractivity contribution in [1.82, 2.24) is 0 Å². The molecule has 1 aliphatic carbocycles. The molecule has 0 amide bonds. The van der Waals surface area contributed by atoms with Crippen molar-refractivity contribution in [3.8, 4) is 11.5 Å². The Morgan fingerprint density at radius 1 is 1.10 bits per heavy atom. The molecule has 118 valence electrons. The monoisotopic (exact) mass is 311 g/mol. The Morgan fingerprint density at radius 2 is 1.76 bits per heavy atom. The second-order valence-corrected chi connectivity index (χ2v) is 6.24. The summed E-state index contributed by atoms with van der Waals surface area (Å²) >= 11 is 6.14. The van der Waals surface area contributed by atoms with E-state index in [-0.39, 0.29) is 0 Å². The Morgan fingerprint density at radius 3 is 2.33 bits per heavy atom. The van der Waals surface area contributed by atoms with Crippen molar-refractivity contribution in [3.05, 3.63) is 17.2 Å². The molecule has 1 N–H and O–H groups in total. The van der Waals surface area contributed by atoms with Gasteiger partial charge in [0.15, 0.2) is 0 Å². The number of anilines is 1. The van der Waals surface area contributed by atoms with Crippen molar-refractivity contribution in [2.24, 2.45) is 5.92 Å². The summed E-state index contributed by atoms with van der Waals surface area (Å²) in [5.41, 5.74) is 0.970. The number of benzene rings is 1. The zero-order valence-corrected chi connectivity index (χ0v) is 14.0. The van der Waals surface area contributed by atoms with Crippen molar-refractivity contribution in [1.29, 1.82) is 0 Å². The first-order chi connectivity index (χ1) is 10.2. The van der Waals surface area contributed by atoms with Crippen LogP contribution in [0.25, 0.3) is 0 Å². The van der Waals surface area contributed by atoms with Crippen LogP contribution in [-0.4, -0.2) is 20.3 Å². The van der Waals surface area contributed by atoms with E-state index in [1.54, 1.807) is 14.2 Å². The fraction of sp³-hybridized carbons (Fsp3) is 0.647. The smallest absolute Gasteiger partial charge is 0.143 e. The fourth-order valence-electron chi connectivity index (χ4n) is 3.20. The summed E-state index contributed by atoms with van der Waals surface area (Å²) in [6, 6.07) is 4.25. The Labute approximate surface area is 133 Å². The topological polar surface area (TPSA) is 30.5 Å². The third kappa shape index (κ3) is 4.19. The minimum absolute atomic E-state index is 0.512. The van der Waals surface area contributed by atoms with Gasteiger partial charge in [-0.15, -0.1) is 0 Å². The highest BCUT2D eigenvalue weighted by atomic mass is 35.5. The maximum atomic E-state index is 6.14. The van der Waals surface area contributed by atoms with Crippen LogP contribution in [0.1, 0.15) is 45.4 Å². The van der Waals surface area contributed by atoms with Crippen LogP contribution < -0.4 is 14.8 Å². The lowest BCUT2D eigenvalue weighted by Crippen LogP contribution is -2.26. The molecule has 0 radical (unpaired) electrons. The molecule has 0 aliphatic heterocycles. The lowest BCUT2D eigenvalue weighted by molar-refractivity contribution is 0.318. The van der Waals surface area contributed by atoms with Gasteiger partial charge >= 0.3 is 0 Å². The number of rotatable bonds is 6. The minimum Gasteiger partial charge on any atom is -0.495 e. The van der Waals surface area contributed by atoms with Crippen LogP contribution in [0.15, 0.2) is 12.1 Å². The van der Waals surface area contributed by atoms with Gasteiger partial charge in [-0.3, -0.25) is 0 Å².